The Kier molecular flexibility index (Phi) is 10.2. The molecule has 0 spiro atoms. The number of hydrogen-bond acceptors (Lipinski definition) is 5. The minimum absolute atomic E-state index is 0.0964. The Morgan fingerprint density at radius 2 is 1.39 bits per heavy atom. The van der Waals surface area contributed by atoms with Crippen LogP contribution in [0, 0.1) is 11.6 Å². The summed E-state index contributed by atoms with van der Waals surface area (Å²) in [6.45, 7) is 7.44. The molecular formula is C31H37F2N3O2. The van der Waals surface area contributed by atoms with Crippen LogP contribution in [-0.4, -0.2) is 67.7 Å². The Labute approximate surface area is 224 Å². The van der Waals surface area contributed by atoms with E-state index in [0.717, 1.165) is 62.4 Å². The van der Waals surface area contributed by atoms with Crippen LogP contribution in [0.2, 0.25) is 0 Å². The van der Waals surface area contributed by atoms with Gasteiger partial charge in [-0.1, -0.05) is 42.5 Å². The molecule has 4 rings (SSSR count). The van der Waals surface area contributed by atoms with Crippen molar-refractivity contribution in [3.8, 4) is 0 Å². The lowest BCUT2D eigenvalue weighted by Gasteiger charge is -2.36. The number of ether oxygens (including phenoxy) is 1. The number of piperazine rings is 1. The molecule has 1 N–H and O–H groups in total. The van der Waals surface area contributed by atoms with Crippen LogP contribution in [0.4, 0.5) is 14.5 Å². The Balaban J connectivity index is 1.25. The molecule has 1 atom stereocenters. The van der Waals surface area contributed by atoms with E-state index in [9.17, 15) is 13.6 Å². The fraction of sp³-hybridized carbons (Fsp3) is 0.387. The number of carbonyl (C=O) groups is 1. The third-order valence-electron chi connectivity index (χ3n) is 7.08. The van der Waals surface area contributed by atoms with Gasteiger partial charge in [0.15, 0.2) is 0 Å². The molecule has 1 heterocycles. The van der Waals surface area contributed by atoms with E-state index in [0.29, 0.717) is 13.1 Å². The molecule has 0 aromatic heterocycles. The summed E-state index contributed by atoms with van der Waals surface area (Å²) in [5.41, 5.74) is 3.10. The summed E-state index contributed by atoms with van der Waals surface area (Å²) in [5, 5.41) is 3.36. The molecule has 1 aliphatic rings. The average molecular weight is 522 g/mol. The Bertz CT molecular complexity index is 1070. The van der Waals surface area contributed by atoms with Gasteiger partial charge in [0.25, 0.3) is 0 Å². The number of rotatable bonds is 12. The van der Waals surface area contributed by atoms with Gasteiger partial charge in [0.2, 0.25) is 0 Å². The van der Waals surface area contributed by atoms with Gasteiger partial charge in [0, 0.05) is 51.3 Å². The van der Waals surface area contributed by atoms with Crippen LogP contribution in [-0.2, 0) is 9.53 Å². The SMILES string of the molecule is CC(=O)OC(CNc1ccccc1)CN1CCN(CCCC(c2ccc(F)cc2)c2ccc(F)cc2)CC1. The van der Waals surface area contributed by atoms with Gasteiger partial charge in [-0.05, 0) is 66.9 Å². The number of hydrogen-bond donors (Lipinski definition) is 1. The lowest BCUT2D eigenvalue weighted by Crippen LogP contribution is -2.50. The van der Waals surface area contributed by atoms with Gasteiger partial charge < -0.3 is 15.0 Å². The van der Waals surface area contributed by atoms with Crippen molar-refractivity contribution in [2.24, 2.45) is 0 Å². The maximum absolute atomic E-state index is 13.5. The Morgan fingerprint density at radius 3 is 1.95 bits per heavy atom. The summed E-state index contributed by atoms with van der Waals surface area (Å²) in [6.07, 6.45) is 1.67. The van der Waals surface area contributed by atoms with E-state index in [1.54, 1.807) is 0 Å². The van der Waals surface area contributed by atoms with Crippen LogP contribution in [0.1, 0.15) is 36.8 Å². The van der Waals surface area contributed by atoms with Crippen molar-refractivity contribution in [2.75, 3.05) is 51.1 Å². The number of esters is 1. The van der Waals surface area contributed by atoms with Crippen molar-refractivity contribution in [3.63, 3.8) is 0 Å². The van der Waals surface area contributed by atoms with Crippen LogP contribution < -0.4 is 5.32 Å². The second-order valence-electron chi connectivity index (χ2n) is 9.92. The largest absolute Gasteiger partial charge is 0.459 e. The molecule has 1 aliphatic heterocycles. The summed E-state index contributed by atoms with van der Waals surface area (Å²) in [7, 11) is 0. The molecule has 5 nitrogen and oxygen atoms in total. The molecular weight excluding hydrogens is 484 g/mol. The number of anilines is 1. The number of benzene rings is 3. The maximum Gasteiger partial charge on any atom is 0.303 e. The van der Waals surface area contributed by atoms with Gasteiger partial charge in [0.05, 0.1) is 6.54 Å². The topological polar surface area (TPSA) is 44.8 Å². The van der Waals surface area contributed by atoms with Gasteiger partial charge in [-0.3, -0.25) is 9.69 Å². The summed E-state index contributed by atoms with van der Waals surface area (Å²) in [6, 6.07) is 23.2. The molecule has 3 aromatic rings. The monoisotopic (exact) mass is 521 g/mol. The van der Waals surface area contributed by atoms with Crippen molar-refractivity contribution in [1.29, 1.82) is 0 Å². The van der Waals surface area contributed by atoms with Gasteiger partial charge in [-0.2, -0.15) is 0 Å². The first-order chi connectivity index (χ1) is 18.5. The van der Waals surface area contributed by atoms with Crippen LogP contribution in [0.25, 0.3) is 0 Å². The van der Waals surface area contributed by atoms with E-state index in [1.807, 2.05) is 54.6 Å². The fourth-order valence-corrected chi connectivity index (χ4v) is 5.08. The zero-order valence-corrected chi connectivity index (χ0v) is 22.0. The van der Waals surface area contributed by atoms with Crippen molar-refractivity contribution >= 4 is 11.7 Å². The zero-order chi connectivity index (χ0) is 26.7. The van der Waals surface area contributed by atoms with E-state index < -0.39 is 0 Å². The average Bonchev–Trinajstić information content (AvgIpc) is 2.92. The third kappa shape index (κ3) is 8.64. The number of para-hydroxylation sites is 1. The molecule has 0 aliphatic carbocycles. The van der Waals surface area contributed by atoms with E-state index in [4.69, 9.17) is 4.74 Å². The Morgan fingerprint density at radius 1 is 0.842 bits per heavy atom. The van der Waals surface area contributed by atoms with E-state index in [2.05, 4.69) is 15.1 Å². The van der Waals surface area contributed by atoms with Crippen molar-refractivity contribution in [2.45, 2.75) is 31.8 Å². The van der Waals surface area contributed by atoms with Crippen LogP contribution in [0.15, 0.2) is 78.9 Å². The lowest BCUT2D eigenvalue weighted by atomic mass is 9.87. The molecule has 0 radical (unpaired) electrons. The summed E-state index contributed by atoms with van der Waals surface area (Å²) in [5.74, 6) is -0.674. The second-order valence-corrected chi connectivity index (χ2v) is 9.92. The van der Waals surface area contributed by atoms with Gasteiger partial charge >= 0.3 is 5.97 Å². The molecule has 1 unspecified atom stereocenters. The molecule has 7 heteroatoms. The van der Waals surface area contributed by atoms with Crippen molar-refractivity contribution in [1.82, 2.24) is 9.80 Å². The molecule has 1 fully saturated rings. The predicted octanol–water partition coefficient (Wildman–Crippen LogP) is 5.54. The molecule has 38 heavy (non-hydrogen) atoms. The molecule has 0 bridgehead atoms. The first-order valence-corrected chi connectivity index (χ1v) is 13.4. The first kappa shape index (κ1) is 27.7. The highest BCUT2D eigenvalue weighted by molar-refractivity contribution is 5.66. The number of nitrogens with one attached hydrogen (secondary N) is 1. The maximum atomic E-state index is 13.5. The molecule has 202 valence electrons. The van der Waals surface area contributed by atoms with Crippen molar-refractivity contribution in [3.05, 3.63) is 102 Å². The number of nitrogens with zero attached hydrogens (tertiary/aromatic N) is 2. The fourth-order valence-electron chi connectivity index (χ4n) is 5.08. The molecule has 3 aromatic carbocycles. The van der Waals surface area contributed by atoms with Gasteiger partial charge in [-0.25, -0.2) is 8.78 Å². The standard InChI is InChI=1S/C31H37F2N3O2/c1-24(37)38-30(22-34-29-6-3-2-4-7-29)23-36-20-18-35(19-21-36)17-5-8-31(25-9-13-27(32)14-10-25)26-11-15-28(33)16-12-26/h2-4,6-7,9-16,30-31,34H,5,8,17-23H2,1H3. The summed E-state index contributed by atoms with van der Waals surface area (Å²) >= 11 is 0. The number of halogens is 2. The lowest BCUT2D eigenvalue weighted by molar-refractivity contribution is -0.146. The molecule has 0 saturated carbocycles. The van der Waals surface area contributed by atoms with Crippen LogP contribution in [0.3, 0.4) is 0 Å². The van der Waals surface area contributed by atoms with Gasteiger partial charge in [0.1, 0.15) is 17.7 Å². The van der Waals surface area contributed by atoms with Crippen LogP contribution in [0.5, 0.6) is 0 Å². The highest BCUT2D eigenvalue weighted by atomic mass is 19.1. The number of carbonyl (C=O) groups excluding carboxylic acids is 1. The zero-order valence-electron chi connectivity index (χ0n) is 22.0. The van der Waals surface area contributed by atoms with E-state index in [-0.39, 0.29) is 29.6 Å². The quantitative estimate of drug-likeness (QED) is 0.317. The first-order valence-electron chi connectivity index (χ1n) is 13.4. The van der Waals surface area contributed by atoms with E-state index in [1.165, 1.54) is 31.2 Å². The van der Waals surface area contributed by atoms with Crippen LogP contribution >= 0.6 is 0 Å². The Hall–Kier alpha value is -3.29. The summed E-state index contributed by atoms with van der Waals surface area (Å²) in [4.78, 5) is 16.5. The smallest absolute Gasteiger partial charge is 0.303 e. The van der Waals surface area contributed by atoms with Crippen molar-refractivity contribution < 1.29 is 18.3 Å². The minimum atomic E-state index is -0.264. The second kappa shape index (κ2) is 14.0. The summed E-state index contributed by atoms with van der Waals surface area (Å²) < 4.78 is 32.6. The highest BCUT2D eigenvalue weighted by Gasteiger charge is 2.22. The van der Waals surface area contributed by atoms with E-state index >= 15 is 0 Å². The normalized spacial score (nSPS) is 15.4. The minimum Gasteiger partial charge on any atom is -0.459 e. The third-order valence-corrected chi connectivity index (χ3v) is 7.08. The molecule has 1 saturated heterocycles. The highest BCUT2D eigenvalue weighted by Crippen LogP contribution is 2.30. The van der Waals surface area contributed by atoms with Gasteiger partial charge in [-0.15, -0.1) is 0 Å². The predicted molar refractivity (Wildman–Crippen MR) is 147 cm³/mol. The molecule has 0 amide bonds.